The first-order chi connectivity index (χ1) is 10.3. The van der Waals surface area contributed by atoms with Gasteiger partial charge in [-0.25, -0.2) is 4.98 Å². The molecule has 6 heteroatoms. The topological polar surface area (TPSA) is 77.8 Å². The molecule has 0 spiro atoms. The number of benzene rings is 1. The fraction of sp³-hybridized carbons (Fsp3) is 0.0667. The number of hydrogen-bond acceptors (Lipinski definition) is 6. The predicted octanol–water partition coefficient (Wildman–Crippen LogP) is 3.25. The minimum Gasteiger partial charge on any atom is -0.416 e. The number of aromatic nitrogens is 4. The quantitative estimate of drug-likeness (QED) is 0.560. The van der Waals surface area contributed by atoms with E-state index in [1.54, 1.807) is 6.20 Å². The zero-order valence-corrected chi connectivity index (χ0v) is 11.1. The molecule has 6 nitrogen and oxygen atoms in total. The number of aryl methyl sites for hydroxylation is 1. The Hall–Kier alpha value is -3.02. The normalized spacial score (nSPS) is 11.1. The largest absolute Gasteiger partial charge is 0.416 e. The highest BCUT2D eigenvalue weighted by molar-refractivity contribution is 5.80. The number of fused-ring (bicyclic) bond motifs is 1. The van der Waals surface area contributed by atoms with Crippen LogP contribution >= 0.6 is 0 Å². The smallest absolute Gasteiger partial charge is 0.257 e. The van der Waals surface area contributed by atoms with Crippen molar-refractivity contribution in [2.45, 2.75) is 6.92 Å². The Morgan fingerprint density at radius 1 is 0.952 bits per heavy atom. The van der Waals surface area contributed by atoms with Crippen LogP contribution in [0.4, 0.5) is 0 Å². The van der Waals surface area contributed by atoms with Gasteiger partial charge in [-0.2, -0.15) is 0 Å². The molecule has 0 unspecified atom stereocenters. The SMILES string of the molecule is Cc1noc2ncc(-c3nnc(-c4ccccc4)o3)cc12. The lowest BCUT2D eigenvalue weighted by Gasteiger charge is -1.94. The lowest BCUT2D eigenvalue weighted by atomic mass is 10.2. The molecule has 4 aromatic rings. The molecule has 0 bridgehead atoms. The molecule has 0 amide bonds. The van der Waals surface area contributed by atoms with E-state index in [1.807, 2.05) is 43.3 Å². The molecule has 0 fully saturated rings. The van der Waals surface area contributed by atoms with Crippen LogP contribution < -0.4 is 0 Å². The van der Waals surface area contributed by atoms with Crippen molar-refractivity contribution in [1.29, 1.82) is 0 Å². The molecule has 0 aliphatic rings. The van der Waals surface area contributed by atoms with Crippen LogP contribution in [0.1, 0.15) is 5.69 Å². The molecular formula is C15H10N4O2. The Morgan fingerprint density at radius 3 is 2.52 bits per heavy atom. The van der Waals surface area contributed by atoms with Crippen molar-refractivity contribution in [2.75, 3.05) is 0 Å². The van der Waals surface area contributed by atoms with Gasteiger partial charge >= 0.3 is 0 Å². The van der Waals surface area contributed by atoms with Crippen LogP contribution in [-0.4, -0.2) is 20.3 Å². The fourth-order valence-electron chi connectivity index (χ4n) is 2.10. The molecule has 0 aliphatic carbocycles. The molecule has 4 rings (SSSR count). The molecule has 0 N–H and O–H groups in total. The van der Waals surface area contributed by atoms with Crippen LogP contribution in [-0.2, 0) is 0 Å². The molecular weight excluding hydrogens is 268 g/mol. The number of nitrogens with zero attached hydrogens (tertiary/aromatic N) is 4. The summed E-state index contributed by atoms with van der Waals surface area (Å²) < 4.78 is 10.8. The molecule has 0 saturated heterocycles. The molecule has 3 aromatic heterocycles. The van der Waals surface area contributed by atoms with Crippen molar-refractivity contribution in [3.05, 3.63) is 48.3 Å². The Kier molecular flexibility index (Phi) is 2.53. The van der Waals surface area contributed by atoms with E-state index >= 15 is 0 Å². The molecule has 1 aromatic carbocycles. The standard InChI is InChI=1S/C15H10N4O2/c1-9-12-7-11(8-16-15(12)21-19-9)14-18-17-13(20-14)10-5-3-2-4-6-10/h2-8H,1H3. The van der Waals surface area contributed by atoms with Crippen molar-refractivity contribution in [1.82, 2.24) is 20.3 Å². The summed E-state index contributed by atoms with van der Waals surface area (Å²) >= 11 is 0. The number of rotatable bonds is 2. The first-order valence-corrected chi connectivity index (χ1v) is 6.42. The van der Waals surface area contributed by atoms with E-state index in [2.05, 4.69) is 20.3 Å². The van der Waals surface area contributed by atoms with Crippen LogP contribution in [0.5, 0.6) is 0 Å². The van der Waals surface area contributed by atoms with Crippen molar-refractivity contribution in [2.24, 2.45) is 0 Å². The van der Waals surface area contributed by atoms with Gasteiger partial charge in [0.05, 0.1) is 16.6 Å². The second-order valence-electron chi connectivity index (χ2n) is 4.62. The maximum atomic E-state index is 5.71. The summed E-state index contributed by atoms with van der Waals surface area (Å²) in [6, 6.07) is 11.5. The predicted molar refractivity (Wildman–Crippen MR) is 75.3 cm³/mol. The summed E-state index contributed by atoms with van der Waals surface area (Å²) in [7, 11) is 0. The van der Waals surface area contributed by atoms with Gasteiger partial charge in [-0.05, 0) is 25.1 Å². The van der Waals surface area contributed by atoms with Gasteiger partial charge in [-0.1, -0.05) is 23.4 Å². The second-order valence-corrected chi connectivity index (χ2v) is 4.62. The minimum absolute atomic E-state index is 0.420. The third-order valence-electron chi connectivity index (χ3n) is 3.20. The third kappa shape index (κ3) is 1.97. The number of hydrogen-bond donors (Lipinski definition) is 0. The van der Waals surface area contributed by atoms with Gasteiger partial charge in [0, 0.05) is 11.8 Å². The van der Waals surface area contributed by atoms with Gasteiger partial charge in [0.1, 0.15) is 0 Å². The Labute approximate surface area is 119 Å². The van der Waals surface area contributed by atoms with Gasteiger partial charge in [-0.15, -0.1) is 10.2 Å². The number of pyridine rings is 1. The fourth-order valence-corrected chi connectivity index (χ4v) is 2.10. The van der Waals surface area contributed by atoms with Gasteiger partial charge < -0.3 is 8.94 Å². The molecule has 0 saturated carbocycles. The van der Waals surface area contributed by atoms with Gasteiger partial charge in [-0.3, -0.25) is 0 Å². The van der Waals surface area contributed by atoms with Crippen LogP contribution in [0.15, 0.2) is 51.5 Å². The van der Waals surface area contributed by atoms with E-state index in [1.165, 1.54) is 0 Å². The molecule has 0 aliphatic heterocycles. The molecule has 21 heavy (non-hydrogen) atoms. The van der Waals surface area contributed by atoms with E-state index in [0.29, 0.717) is 17.5 Å². The van der Waals surface area contributed by atoms with Crippen molar-refractivity contribution >= 4 is 11.1 Å². The van der Waals surface area contributed by atoms with Gasteiger partial charge in [0.2, 0.25) is 11.8 Å². The Balaban J connectivity index is 1.79. The monoisotopic (exact) mass is 278 g/mol. The lowest BCUT2D eigenvalue weighted by molar-refractivity contribution is 0.443. The van der Waals surface area contributed by atoms with Crippen molar-refractivity contribution in [3.63, 3.8) is 0 Å². The minimum atomic E-state index is 0.420. The Morgan fingerprint density at radius 2 is 1.71 bits per heavy atom. The van der Waals surface area contributed by atoms with E-state index in [-0.39, 0.29) is 0 Å². The highest BCUT2D eigenvalue weighted by Crippen LogP contribution is 2.26. The second kappa shape index (κ2) is 4.52. The van der Waals surface area contributed by atoms with E-state index in [9.17, 15) is 0 Å². The lowest BCUT2D eigenvalue weighted by Crippen LogP contribution is -1.81. The van der Waals surface area contributed by atoms with Crippen LogP contribution in [0.25, 0.3) is 34.0 Å². The summed E-state index contributed by atoms with van der Waals surface area (Å²) in [5.41, 5.74) is 2.90. The van der Waals surface area contributed by atoms with Gasteiger partial charge in [0.25, 0.3) is 5.71 Å². The van der Waals surface area contributed by atoms with Crippen molar-refractivity contribution in [3.8, 4) is 22.9 Å². The molecule has 0 atom stereocenters. The summed E-state index contributed by atoms with van der Waals surface area (Å²) in [5, 5.41) is 12.9. The molecule has 0 radical (unpaired) electrons. The average Bonchev–Trinajstić information content (AvgIpc) is 3.16. The summed E-state index contributed by atoms with van der Waals surface area (Å²) in [6.07, 6.45) is 1.63. The first-order valence-electron chi connectivity index (χ1n) is 6.42. The zero-order valence-electron chi connectivity index (χ0n) is 11.1. The van der Waals surface area contributed by atoms with Gasteiger partial charge in [0.15, 0.2) is 0 Å². The molecule has 102 valence electrons. The highest BCUT2D eigenvalue weighted by Gasteiger charge is 2.13. The third-order valence-corrected chi connectivity index (χ3v) is 3.20. The van der Waals surface area contributed by atoms with Crippen LogP contribution in [0.3, 0.4) is 0 Å². The van der Waals surface area contributed by atoms with Crippen LogP contribution in [0.2, 0.25) is 0 Å². The summed E-state index contributed by atoms with van der Waals surface area (Å²) in [6.45, 7) is 1.86. The van der Waals surface area contributed by atoms with Crippen LogP contribution in [0, 0.1) is 6.92 Å². The summed E-state index contributed by atoms with van der Waals surface area (Å²) in [5.74, 6) is 0.900. The summed E-state index contributed by atoms with van der Waals surface area (Å²) in [4.78, 5) is 4.20. The molecule has 3 heterocycles. The van der Waals surface area contributed by atoms with E-state index in [4.69, 9.17) is 8.94 Å². The van der Waals surface area contributed by atoms with E-state index in [0.717, 1.165) is 22.2 Å². The first kappa shape index (κ1) is 11.8. The Bertz CT molecular complexity index is 912. The van der Waals surface area contributed by atoms with E-state index < -0.39 is 0 Å². The zero-order chi connectivity index (χ0) is 14.2. The maximum Gasteiger partial charge on any atom is 0.257 e. The maximum absolute atomic E-state index is 5.71. The highest BCUT2D eigenvalue weighted by atomic mass is 16.5. The van der Waals surface area contributed by atoms with Crippen molar-refractivity contribution < 1.29 is 8.94 Å². The average molecular weight is 278 g/mol.